The van der Waals surface area contributed by atoms with Crippen LogP contribution >= 0.6 is 0 Å². The molecule has 0 aliphatic rings. The van der Waals surface area contributed by atoms with Crippen LogP contribution in [0.2, 0.25) is 0 Å². The molecule has 28 heavy (non-hydrogen) atoms. The van der Waals surface area contributed by atoms with Gasteiger partial charge >= 0.3 is 0 Å². The number of hydrogen-bond donors (Lipinski definition) is 1. The number of carbonyl (C=O) groups is 1. The summed E-state index contributed by atoms with van der Waals surface area (Å²) in [5, 5.41) is 2.69. The SMILES string of the molecule is CCc1cc(OCC(=O)NCc2ccc(F)cc2)nc(-c2cccc(F)c2)n1. The number of aromatic nitrogens is 2. The standard InChI is InChI=1S/C21H19F2N3O2/c1-2-18-11-20(26-21(25-18)15-4-3-5-17(23)10-15)28-13-19(27)24-12-14-6-8-16(22)9-7-14/h3-11H,2,12-13H2,1H3,(H,24,27). The third kappa shape index (κ3) is 5.33. The van der Waals surface area contributed by atoms with Crippen LogP contribution in [0.5, 0.6) is 5.88 Å². The first-order chi connectivity index (χ1) is 13.5. The monoisotopic (exact) mass is 383 g/mol. The summed E-state index contributed by atoms with van der Waals surface area (Å²) in [6, 6.07) is 13.5. The Morgan fingerprint density at radius 2 is 1.82 bits per heavy atom. The molecule has 0 saturated carbocycles. The highest BCUT2D eigenvalue weighted by atomic mass is 19.1. The first kappa shape index (κ1) is 19.4. The fraction of sp³-hybridized carbons (Fsp3) is 0.190. The van der Waals surface area contributed by atoms with Gasteiger partial charge in [-0.25, -0.2) is 13.8 Å². The quantitative estimate of drug-likeness (QED) is 0.676. The summed E-state index contributed by atoms with van der Waals surface area (Å²) in [5.74, 6) is -0.481. The molecule has 0 spiro atoms. The molecule has 0 unspecified atom stereocenters. The van der Waals surface area contributed by atoms with Crippen LogP contribution in [-0.2, 0) is 17.8 Å². The maximum Gasteiger partial charge on any atom is 0.258 e. The van der Waals surface area contributed by atoms with Crippen molar-refractivity contribution in [3.8, 4) is 17.3 Å². The van der Waals surface area contributed by atoms with Crippen molar-refractivity contribution in [2.45, 2.75) is 19.9 Å². The first-order valence-corrected chi connectivity index (χ1v) is 8.81. The topological polar surface area (TPSA) is 64.1 Å². The molecule has 0 saturated heterocycles. The van der Waals surface area contributed by atoms with Crippen molar-refractivity contribution in [3.05, 3.63) is 77.5 Å². The van der Waals surface area contributed by atoms with Crippen LogP contribution in [-0.4, -0.2) is 22.5 Å². The Kier molecular flexibility index (Phi) is 6.26. The van der Waals surface area contributed by atoms with Gasteiger partial charge in [-0.15, -0.1) is 0 Å². The van der Waals surface area contributed by atoms with Crippen LogP contribution in [0.15, 0.2) is 54.6 Å². The van der Waals surface area contributed by atoms with E-state index in [2.05, 4.69) is 15.3 Å². The summed E-state index contributed by atoms with van der Waals surface area (Å²) < 4.78 is 31.9. The highest BCUT2D eigenvalue weighted by Crippen LogP contribution is 2.20. The molecule has 0 atom stereocenters. The zero-order valence-electron chi connectivity index (χ0n) is 15.3. The van der Waals surface area contributed by atoms with Gasteiger partial charge in [-0.05, 0) is 36.2 Å². The summed E-state index contributed by atoms with van der Waals surface area (Å²) in [7, 11) is 0. The van der Waals surface area contributed by atoms with Crippen LogP contribution < -0.4 is 10.1 Å². The Hall–Kier alpha value is -3.35. The second kappa shape index (κ2) is 9.03. The molecule has 0 aliphatic heterocycles. The summed E-state index contributed by atoms with van der Waals surface area (Å²) >= 11 is 0. The summed E-state index contributed by atoms with van der Waals surface area (Å²) in [5.41, 5.74) is 2.02. The van der Waals surface area contributed by atoms with E-state index in [1.54, 1.807) is 30.3 Å². The molecule has 0 fully saturated rings. The van der Waals surface area contributed by atoms with Crippen molar-refractivity contribution in [2.24, 2.45) is 0 Å². The van der Waals surface area contributed by atoms with Crippen LogP contribution in [0.1, 0.15) is 18.2 Å². The normalized spacial score (nSPS) is 10.5. The maximum absolute atomic E-state index is 13.5. The Balaban J connectivity index is 1.64. The molecule has 0 radical (unpaired) electrons. The minimum atomic E-state index is -0.384. The Bertz CT molecular complexity index is 962. The summed E-state index contributed by atoms with van der Waals surface area (Å²) in [4.78, 5) is 20.7. The van der Waals surface area contributed by atoms with Gasteiger partial charge in [0, 0.05) is 23.9 Å². The molecular formula is C21H19F2N3O2. The number of aryl methyl sites for hydroxylation is 1. The van der Waals surface area contributed by atoms with E-state index in [0.717, 1.165) is 11.3 Å². The maximum atomic E-state index is 13.5. The fourth-order valence-electron chi connectivity index (χ4n) is 2.48. The first-order valence-electron chi connectivity index (χ1n) is 8.81. The van der Waals surface area contributed by atoms with Gasteiger partial charge < -0.3 is 10.1 Å². The third-order valence-corrected chi connectivity index (χ3v) is 3.95. The van der Waals surface area contributed by atoms with Gasteiger partial charge in [0.15, 0.2) is 12.4 Å². The van der Waals surface area contributed by atoms with E-state index in [1.165, 1.54) is 24.3 Å². The van der Waals surface area contributed by atoms with Crippen molar-refractivity contribution in [3.63, 3.8) is 0 Å². The number of nitrogens with zero attached hydrogens (tertiary/aromatic N) is 2. The van der Waals surface area contributed by atoms with Crippen LogP contribution in [0.3, 0.4) is 0 Å². The lowest BCUT2D eigenvalue weighted by Crippen LogP contribution is -2.28. The highest BCUT2D eigenvalue weighted by molar-refractivity contribution is 5.77. The Morgan fingerprint density at radius 3 is 2.54 bits per heavy atom. The average Bonchev–Trinajstić information content (AvgIpc) is 2.71. The number of benzene rings is 2. The minimum Gasteiger partial charge on any atom is -0.467 e. The zero-order chi connectivity index (χ0) is 19.9. The number of ether oxygens (including phenoxy) is 1. The molecule has 1 heterocycles. The lowest BCUT2D eigenvalue weighted by Gasteiger charge is -2.10. The lowest BCUT2D eigenvalue weighted by molar-refractivity contribution is -0.123. The van der Waals surface area contributed by atoms with Crippen molar-refractivity contribution < 1.29 is 18.3 Å². The number of amides is 1. The molecule has 0 bridgehead atoms. The molecule has 2 aromatic carbocycles. The molecule has 7 heteroatoms. The van der Waals surface area contributed by atoms with Crippen LogP contribution in [0.25, 0.3) is 11.4 Å². The molecule has 0 aliphatic carbocycles. The van der Waals surface area contributed by atoms with Crippen molar-refractivity contribution in [2.75, 3.05) is 6.61 Å². The van der Waals surface area contributed by atoms with Crippen molar-refractivity contribution >= 4 is 5.91 Å². The smallest absolute Gasteiger partial charge is 0.258 e. The molecule has 5 nitrogen and oxygen atoms in total. The molecule has 3 aromatic rings. The lowest BCUT2D eigenvalue weighted by atomic mass is 10.2. The number of rotatable bonds is 7. The molecule has 1 amide bonds. The number of hydrogen-bond acceptors (Lipinski definition) is 4. The fourth-order valence-corrected chi connectivity index (χ4v) is 2.48. The molecular weight excluding hydrogens is 364 g/mol. The second-order valence-corrected chi connectivity index (χ2v) is 6.08. The zero-order valence-corrected chi connectivity index (χ0v) is 15.3. The third-order valence-electron chi connectivity index (χ3n) is 3.95. The number of halogens is 2. The van der Waals surface area contributed by atoms with E-state index < -0.39 is 0 Å². The molecule has 1 aromatic heterocycles. The van der Waals surface area contributed by atoms with Gasteiger partial charge in [0.1, 0.15) is 11.6 Å². The Labute approximate surface area is 161 Å². The Morgan fingerprint density at radius 1 is 1.04 bits per heavy atom. The van der Waals surface area contributed by atoms with Crippen LogP contribution in [0, 0.1) is 11.6 Å². The summed E-state index contributed by atoms with van der Waals surface area (Å²) in [6.07, 6.45) is 0.637. The van der Waals surface area contributed by atoms with Gasteiger partial charge in [0.2, 0.25) is 5.88 Å². The van der Waals surface area contributed by atoms with E-state index in [1.807, 2.05) is 6.92 Å². The van der Waals surface area contributed by atoms with E-state index >= 15 is 0 Å². The largest absolute Gasteiger partial charge is 0.467 e. The number of carbonyl (C=O) groups excluding carboxylic acids is 1. The predicted octanol–water partition coefficient (Wildman–Crippen LogP) is 3.68. The van der Waals surface area contributed by atoms with E-state index in [-0.39, 0.29) is 36.6 Å². The van der Waals surface area contributed by atoms with Gasteiger partial charge in [0.25, 0.3) is 5.91 Å². The second-order valence-electron chi connectivity index (χ2n) is 6.08. The van der Waals surface area contributed by atoms with Gasteiger partial charge in [-0.2, -0.15) is 4.98 Å². The van der Waals surface area contributed by atoms with Gasteiger partial charge in [0.05, 0.1) is 0 Å². The molecule has 1 N–H and O–H groups in total. The van der Waals surface area contributed by atoms with Crippen molar-refractivity contribution in [1.82, 2.24) is 15.3 Å². The minimum absolute atomic E-state index is 0.232. The van der Waals surface area contributed by atoms with E-state index in [4.69, 9.17) is 4.74 Å². The van der Waals surface area contributed by atoms with E-state index in [9.17, 15) is 13.6 Å². The predicted molar refractivity (Wildman–Crippen MR) is 101 cm³/mol. The van der Waals surface area contributed by atoms with E-state index in [0.29, 0.717) is 17.8 Å². The molecule has 3 rings (SSSR count). The number of nitrogens with one attached hydrogen (secondary N) is 1. The highest BCUT2D eigenvalue weighted by Gasteiger charge is 2.10. The summed E-state index contributed by atoms with van der Waals surface area (Å²) in [6.45, 7) is 1.96. The average molecular weight is 383 g/mol. The van der Waals surface area contributed by atoms with Gasteiger partial charge in [-0.1, -0.05) is 31.2 Å². The molecule has 144 valence electrons. The van der Waals surface area contributed by atoms with Crippen LogP contribution in [0.4, 0.5) is 8.78 Å². The van der Waals surface area contributed by atoms with Gasteiger partial charge in [-0.3, -0.25) is 4.79 Å². The van der Waals surface area contributed by atoms with Crippen molar-refractivity contribution in [1.29, 1.82) is 0 Å².